The number of likely N-dealkylation sites (N-methyl/N-ethyl adjacent to an activating group) is 1. The summed E-state index contributed by atoms with van der Waals surface area (Å²) < 4.78 is 0. The van der Waals surface area contributed by atoms with Gasteiger partial charge in [-0.25, -0.2) is 0 Å². The minimum absolute atomic E-state index is 0.0527. The first-order valence-electron chi connectivity index (χ1n) is 5.31. The van der Waals surface area contributed by atoms with Crippen molar-refractivity contribution in [3.63, 3.8) is 0 Å². The molecule has 0 saturated heterocycles. The van der Waals surface area contributed by atoms with Gasteiger partial charge in [0.15, 0.2) is 0 Å². The smallest absolute Gasteiger partial charge is 0.270 e. The van der Waals surface area contributed by atoms with Crippen LogP contribution in [-0.4, -0.2) is 41.1 Å². The molecule has 8 heteroatoms. The van der Waals surface area contributed by atoms with Crippen molar-refractivity contribution in [2.45, 2.75) is 0 Å². The zero-order valence-corrected chi connectivity index (χ0v) is 9.87. The number of nitro groups is 1. The Labute approximate surface area is 107 Å². The summed E-state index contributed by atoms with van der Waals surface area (Å²) in [5.74, 6) is -1.82. The summed E-state index contributed by atoms with van der Waals surface area (Å²) in [6, 6.07) is 3.41. The molecule has 1 aromatic rings. The van der Waals surface area contributed by atoms with Crippen molar-refractivity contribution in [3.05, 3.63) is 39.4 Å². The molecule has 0 bridgehead atoms. The molecule has 0 spiro atoms. The summed E-state index contributed by atoms with van der Waals surface area (Å²) in [7, 11) is 1.38. The van der Waals surface area contributed by atoms with E-state index >= 15 is 0 Å². The van der Waals surface area contributed by atoms with Crippen molar-refractivity contribution in [2.75, 3.05) is 13.6 Å². The van der Waals surface area contributed by atoms with Crippen LogP contribution in [0, 0.1) is 10.1 Å². The van der Waals surface area contributed by atoms with Gasteiger partial charge in [0.1, 0.15) is 6.54 Å². The molecule has 0 fully saturated rings. The molecule has 1 heterocycles. The van der Waals surface area contributed by atoms with Gasteiger partial charge in [0.05, 0.1) is 16.1 Å². The Morgan fingerprint density at radius 1 is 1.32 bits per heavy atom. The topological polar surface area (TPSA) is 110 Å². The van der Waals surface area contributed by atoms with Gasteiger partial charge in [-0.3, -0.25) is 29.4 Å². The fourth-order valence-electron chi connectivity index (χ4n) is 1.76. The van der Waals surface area contributed by atoms with Crippen LogP contribution in [0.3, 0.4) is 0 Å². The van der Waals surface area contributed by atoms with Gasteiger partial charge in [0.2, 0.25) is 5.91 Å². The summed E-state index contributed by atoms with van der Waals surface area (Å²) in [5, 5.41) is 12.9. The van der Waals surface area contributed by atoms with E-state index in [9.17, 15) is 24.5 Å². The number of nitrogens with one attached hydrogen (secondary N) is 1. The highest BCUT2D eigenvalue weighted by Gasteiger charge is 2.37. The standard InChI is InChI=1S/C11H9N3O5/c1-12-9(15)5-13-10(16)7-3-2-6(14(18)19)4-8(7)11(13)17/h2-4H,5H2,1H3,(H,12,15). The zero-order chi connectivity index (χ0) is 14.2. The van der Waals surface area contributed by atoms with Gasteiger partial charge in [-0.05, 0) is 6.07 Å². The van der Waals surface area contributed by atoms with E-state index in [4.69, 9.17) is 0 Å². The number of nitro benzene ring substituents is 1. The lowest BCUT2D eigenvalue weighted by Crippen LogP contribution is -2.39. The van der Waals surface area contributed by atoms with Crippen LogP contribution in [0.15, 0.2) is 18.2 Å². The molecule has 98 valence electrons. The van der Waals surface area contributed by atoms with E-state index in [1.807, 2.05) is 0 Å². The molecule has 3 amide bonds. The molecular weight excluding hydrogens is 254 g/mol. The van der Waals surface area contributed by atoms with Crippen LogP contribution in [0.5, 0.6) is 0 Å². The second kappa shape index (κ2) is 4.48. The Kier molecular flexibility index (Phi) is 2.99. The molecule has 1 aromatic carbocycles. The second-order valence-corrected chi connectivity index (χ2v) is 3.86. The van der Waals surface area contributed by atoms with Crippen LogP contribution in [0.25, 0.3) is 0 Å². The molecule has 2 rings (SSSR count). The van der Waals surface area contributed by atoms with Crippen LogP contribution in [0.4, 0.5) is 5.69 Å². The number of amides is 3. The van der Waals surface area contributed by atoms with Crippen LogP contribution in [-0.2, 0) is 4.79 Å². The maximum absolute atomic E-state index is 11.9. The monoisotopic (exact) mass is 263 g/mol. The van der Waals surface area contributed by atoms with E-state index in [1.165, 1.54) is 13.1 Å². The van der Waals surface area contributed by atoms with Gasteiger partial charge in [-0.1, -0.05) is 0 Å². The van der Waals surface area contributed by atoms with Gasteiger partial charge in [-0.2, -0.15) is 0 Å². The minimum Gasteiger partial charge on any atom is -0.358 e. The quantitative estimate of drug-likeness (QED) is 0.466. The number of carbonyl (C=O) groups is 3. The van der Waals surface area contributed by atoms with Gasteiger partial charge < -0.3 is 5.32 Å². The Morgan fingerprint density at radius 2 is 1.95 bits per heavy atom. The molecule has 1 N–H and O–H groups in total. The second-order valence-electron chi connectivity index (χ2n) is 3.86. The predicted molar refractivity (Wildman–Crippen MR) is 62.5 cm³/mol. The molecule has 1 aliphatic rings. The Balaban J connectivity index is 2.38. The van der Waals surface area contributed by atoms with Crippen LogP contribution in [0.1, 0.15) is 20.7 Å². The third kappa shape index (κ3) is 2.03. The Bertz CT molecular complexity index is 610. The van der Waals surface area contributed by atoms with Crippen LogP contribution >= 0.6 is 0 Å². The number of hydrogen-bond acceptors (Lipinski definition) is 5. The van der Waals surface area contributed by atoms with Gasteiger partial charge >= 0.3 is 0 Å². The van der Waals surface area contributed by atoms with E-state index in [-0.39, 0.29) is 16.8 Å². The molecule has 19 heavy (non-hydrogen) atoms. The van der Waals surface area contributed by atoms with E-state index in [0.717, 1.165) is 17.0 Å². The van der Waals surface area contributed by atoms with E-state index in [0.29, 0.717) is 0 Å². The molecule has 0 radical (unpaired) electrons. The normalized spacial score (nSPS) is 13.4. The van der Waals surface area contributed by atoms with Crippen molar-refractivity contribution in [2.24, 2.45) is 0 Å². The van der Waals surface area contributed by atoms with Crippen molar-refractivity contribution in [1.82, 2.24) is 10.2 Å². The number of rotatable bonds is 3. The SMILES string of the molecule is CNC(=O)CN1C(=O)c2ccc([N+](=O)[O-])cc2C1=O. The van der Waals surface area contributed by atoms with Gasteiger partial charge in [-0.15, -0.1) is 0 Å². The van der Waals surface area contributed by atoms with E-state index in [2.05, 4.69) is 5.32 Å². The van der Waals surface area contributed by atoms with Crippen molar-refractivity contribution >= 4 is 23.4 Å². The number of benzene rings is 1. The average molecular weight is 263 g/mol. The van der Waals surface area contributed by atoms with E-state index in [1.54, 1.807) is 0 Å². The van der Waals surface area contributed by atoms with Gasteiger partial charge in [0, 0.05) is 19.2 Å². The fourth-order valence-corrected chi connectivity index (χ4v) is 1.76. The lowest BCUT2D eigenvalue weighted by atomic mass is 10.1. The number of nitrogens with zero attached hydrogens (tertiary/aromatic N) is 2. The highest BCUT2D eigenvalue weighted by molar-refractivity contribution is 6.22. The molecule has 0 unspecified atom stereocenters. The van der Waals surface area contributed by atoms with E-state index < -0.39 is 29.2 Å². The maximum atomic E-state index is 11.9. The molecule has 0 aliphatic carbocycles. The number of carbonyl (C=O) groups excluding carboxylic acids is 3. The molecule has 0 aromatic heterocycles. The molecule has 1 aliphatic heterocycles. The van der Waals surface area contributed by atoms with Crippen LogP contribution < -0.4 is 5.32 Å². The summed E-state index contributed by atoms with van der Waals surface area (Å²) in [6.45, 7) is -0.406. The van der Waals surface area contributed by atoms with Crippen molar-refractivity contribution < 1.29 is 19.3 Å². The average Bonchev–Trinajstić information content (AvgIpc) is 2.63. The predicted octanol–water partition coefficient (Wildman–Crippen LogP) is -0.0632. The number of imide groups is 1. The number of hydrogen-bond donors (Lipinski definition) is 1. The van der Waals surface area contributed by atoms with Crippen LogP contribution in [0.2, 0.25) is 0 Å². The highest BCUT2D eigenvalue weighted by atomic mass is 16.6. The molecule has 0 saturated carbocycles. The minimum atomic E-state index is -0.702. The third-order valence-corrected chi connectivity index (χ3v) is 2.75. The lowest BCUT2D eigenvalue weighted by Gasteiger charge is -2.11. The molecule has 0 atom stereocenters. The third-order valence-electron chi connectivity index (χ3n) is 2.75. The maximum Gasteiger partial charge on any atom is 0.270 e. The Morgan fingerprint density at radius 3 is 2.53 bits per heavy atom. The number of non-ortho nitro benzene ring substituents is 1. The summed E-state index contributed by atoms with van der Waals surface area (Å²) in [5.41, 5.74) is -0.260. The zero-order valence-electron chi connectivity index (χ0n) is 9.87. The molecular formula is C11H9N3O5. The van der Waals surface area contributed by atoms with Crippen molar-refractivity contribution in [1.29, 1.82) is 0 Å². The first-order chi connectivity index (χ1) is 8.95. The van der Waals surface area contributed by atoms with Gasteiger partial charge in [0.25, 0.3) is 17.5 Å². The molecule has 8 nitrogen and oxygen atoms in total. The fraction of sp³-hybridized carbons (Fsp3) is 0.182. The largest absolute Gasteiger partial charge is 0.358 e. The lowest BCUT2D eigenvalue weighted by molar-refractivity contribution is -0.384. The summed E-state index contributed by atoms with van der Waals surface area (Å²) >= 11 is 0. The number of fused-ring (bicyclic) bond motifs is 1. The first kappa shape index (κ1) is 12.7. The summed E-state index contributed by atoms with van der Waals surface area (Å²) in [6.07, 6.45) is 0. The summed E-state index contributed by atoms with van der Waals surface area (Å²) in [4.78, 5) is 45.8. The Hall–Kier alpha value is -2.77. The highest BCUT2D eigenvalue weighted by Crippen LogP contribution is 2.26. The first-order valence-corrected chi connectivity index (χ1v) is 5.31. The van der Waals surface area contributed by atoms with Crippen molar-refractivity contribution in [3.8, 4) is 0 Å².